The van der Waals surface area contributed by atoms with Crippen LogP contribution in [0.3, 0.4) is 0 Å². The summed E-state index contributed by atoms with van der Waals surface area (Å²) in [4.78, 5) is 56.4. The summed E-state index contributed by atoms with van der Waals surface area (Å²) in [5.74, 6) is -2.78. The van der Waals surface area contributed by atoms with Gasteiger partial charge in [-0.1, -0.05) is 60.7 Å². The smallest absolute Gasteiger partial charge is 0.243 e. The number of nitrogens with two attached hydrogens (primary N) is 3. The first-order valence-corrected chi connectivity index (χ1v) is 15.9. The minimum atomic E-state index is -1.13. The lowest BCUT2D eigenvalue weighted by molar-refractivity contribution is -0.133. The van der Waals surface area contributed by atoms with Crippen molar-refractivity contribution in [3.8, 4) is 5.75 Å². The maximum atomic E-state index is 13.8. The molecule has 4 aromatic rings. The van der Waals surface area contributed by atoms with Gasteiger partial charge in [0, 0.05) is 36.5 Å². The Labute approximate surface area is 283 Å². The predicted molar refractivity (Wildman–Crippen MR) is 186 cm³/mol. The zero-order valence-electron chi connectivity index (χ0n) is 26.9. The van der Waals surface area contributed by atoms with Crippen molar-refractivity contribution in [2.24, 2.45) is 17.2 Å². The number of amides is 4. The van der Waals surface area contributed by atoms with E-state index in [2.05, 4.69) is 26.3 Å². The molecule has 0 fully saturated rings. The van der Waals surface area contributed by atoms with Crippen molar-refractivity contribution in [3.05, 3.63) is 102 Å². The van der Waals surface area contributed by atoms with Crippen molar-refractivity contribution >= 4 is 40.5 Å². The molecule has 49 heavy (non-hydrogen) atoms. The summed E-state index contributed by atoms with van der Waals surface area (Å²) in [6, 6.07) is 18.5. The Bertz CT molecular complexity index is 1740. The molecule has 4 atom stereocenters. The minimum Gasteiger partial charge on any atom is -0.508 e. The van der Waals surface area contributed by atoms with Crippen molar-refractivity contribution in [3.63, 3.8) is 0 Å². The van der Waals surface area contributed by atoms with Crippen molar-refractivity contribution in [2.45, 2.75) is 56.3 Å². The molecule has 14 nitrogen and oxygen atoms in total. The highest BCUT2D eigenvalue weighted by molar-refractivity contribution is 5.95. The van der Waals surface area contributed by atoms with Gasteiger partial charge in [0.25, 0.3) is 0 Å². The Morgan fingerprint density at radius 2 is 1.35 bits per heavy atom. The number of guanidine groups is 1. The zero-order chi connectivity index (χ0) is 35.3. The second-order valence-electron chi connectivity index (χ2n) is 11.8. The fourth-order valence-corrected chi connectivity index (χ4v) is 5.40. The van der Waals surface area contributed by atoms with Crippen LogP contribution in [0.15, 0.2) is 85.1 Å². The Hall–Kier alpha value is -5.89. The van der Waals surface area contributed by atoms with Crippen LogP contribution in [0.25, 0.3) is 10.9 Å². The largest absolute Gasteiger partial charge is 0.508 e. The average molecular weight is 670 g/mol. The minimum absolute atomic E-state index is 0.0807. The van der Waals surface area contributed by atoms with Gasteiger partial charge in [0.1, 0.15) is 23.9 Å². The Morgan fingerprint density at radius 1 is 0.735 bits per heavy atom. The van der Waals surface area contributed by atoms with Crippen LogP contribution in [0.5, 0.6) is 5.75 Å². The van der Waals surface area contributed by atoms with E-state index in [9.17, 15) is 24.3 Å². The number of aromatic hydroxyl groups is 1. The molecule has 0 saturated carbocycles. The number of hydrogen-bond donors (Lipinski definition) is 10. The van der Waals surface area contributed by atoms with E-state index in [4.69, 9.17) is 22.6 Å². The molecule has 0 aliphatic heterocycles. The molecular formula is C35H43N9O5. The molecule has 0 saturated heterocycles. The topological polar surface area (TPSA) is 254 Å². The Morgan fingerprint density at radius 3 is 2.04 bits per heavy atom. The maximum Gasteiger partial charge on any atom is 0.243 e. The number of fused-ring (bicyclic) bond motifs is 1. The molecule has 1 heterocycles. The number of carbonyl (C=O) groups is 4. The van der Waals surface area contributed by atoms with Crippen molar-refractivity contribution in [2.75, 3.05) is 6.54 Å². The van der Waals surface area contributed by atoms with Crippen LogP contribution in [0.2, 0.25) is 0 Å². The monoisotopic (exact) mass is 669 g/mol. The van der Waals surface area contributed by atoms with Crippen LogP contribution in [0.1, 0.15) is 29.5 Å². The summed E-state index contributed by atoms with van der Waals surface area (Å²) in [5.41, 5.74) is 20.4. The molecule has 0 aliphatic carbocycles. The Balaban J connectivity index is 1.51. The van der Waals surface area contributed by atoms with E-state index in [1.165, 1.54) is 12.1 Å². The summed E-state index contributed by atoms with van der Waals surface area (Å²) in [6.45, 7) is 0.250. The highest BCUT2D eigenvalue weighted by Crippen LogP contribution is 2.19. The summed E-state index contributed by atoms with van der Waals surface area (Å²) in [7, 11) is 0. The number of benzene rings is 3. The number of carbonyl (C=O) groups excluding carboxylic acids is 4. The van der Waals surface area contributed by atoms with Gasteiger partial charge < -0.3 is 48.6 Å². The number of aromatic amines is 1. The molecule has 258 valence electrons. The molecule has 13 N–H and O–H groups in total. The highest BCUT2D eigenvalue weighted by atomic mass is 16.3. The lowest BCUT2D eigenvalue weighted by Crippen LogP contribution is -2.58. The van der Waals surface area contributed by atoms with Crippen molar-refractivity contribution < 1.29 is 24.3 Å². The van der Waals surface area contributed by atoms with Crippen LogP contribution in [-0.4, -0.2) is 70.4 Å². The van der Waals surface area contributed by atoms with Crippen LogP contribution < -0.4 is 38.5 Å². The Kier molecular flexibility index (Phi) is 12.7. The third-order valence-corrected chi connectivity index (χ3v) is 8.02. The first kappa shape index (κ1) is 36.0. The number of primary amides is 1. The van der Waals surface area contributed by atoms with E-state index < -0.39 is 47.8 Å². The van der Waals surface area contributed by atoms with Crippen LogP contribution in [-0.2, 0) is 38.4 Å². The molecule has 0 radical (unpaired) electrons. The van der Waals surface area contributed by atoms with Crippen molar-refractivity contribution in [1.82, 2.24) is 26.3 Å². The van der Waals surface area contributed by atoms with Gasteiger partial charge in [-0.2, -0.15) is 0 Å². The quantitative estimate of drug-likeness (QED) is 0.0428. The lowest BCUT2D eigenvalue weighted by Gasteiger charge is -2.26. The molecule has 14 heteroatoms. The number of rotatable bonds is 17. The van der Waals surface area contributed by atoms with Gasteiger partial charge in [0.15, 0.2) is 5.96 Å². The molecule has 3 aromatic carbocycles. The van der Waals surface area contributed by atoms with E-state index in [1.807, 2.05) is 42.5 Å². The molecule has 0 unspecified atom stereocenters. The van der Waals surface area contributed by atoms with Crippen LogP contribution in [0, 0.1) is 5.41 Å². The lowest BCUT2D eigenvalue weighted by atomic mass is 10.0. The van der Waals surface area contributed by atoms with Gasteiger partial charge in [-0.15, -0.1) is 0 Å². The fraction of sp³-hybridized carbons (Fsp3) is 0.286. The molecule has 0 spiro atoms. The van der Waals surface area contributed by atoms with Gasteiger partial charge >= 0.3 is 0 Å². The SMILES string of the molecule is N=C(N)NCCC[C@H](NC(=O)[C@@H](Cc1ccccc1)NC(=O)[C@@H](N)Cc1ccc(O)cc1)C(=O)N[C@@H](Cc1c[nH]c2ccccc12)C(N)=O. The molecule has 0 bridgehead atoms. The number of phenols is 1. The second-order valence-corrected chi connectivity index (χ2v) is 11.8. The predicted octanol–water partition coefficient (Wildman–Crippen LogP) is 0.432. The van der Waals surface area contributed by atoms with E-state index in [1.54, 1.807) is 30.5 Å². The standard InChI is InChI=1S/C35H43N9O5/c36-26(17-22-12-14-24(45)15-13-22)32(47)44-30(18-21-7-2-1-3-8-21)34(49)42-28(11-6-16-40-35(38)39)33(48)43-29(31(37)46)19-23-20-41-27-10-5-4-9-25(23)27/h1-5,7-10,12-15,20,26,28-30,41,45H,6,11,16-19,36H2,(H2,37,46)(H,42,49)(H,43,48)(H,44,47)(H4,38,39,40)/t26-,28-,29-,30+/m0/s1. The third kappa shape index (κ3) is 10.8. The number of para-hydroxylation sites is 1. The maximum absolute atomic E-state index is 13.8. The fourth-order valence-electron chi connectivity index (χ4n) is 5.40. The van der Waals surface area contributed by atoms with Gasteiger partial charge in [-0.05, 0) is 54.2 Å². The van der Waals surface area contributed by atoms with E-state index in [0.29, 0.717) is 6.42 Å². The van der Waals surface area contributed by atoms with Gasteiger partial charge in [0.2, 0.25) is 23.6 Å². The third-order valence-electron chi connectivity index (χ3n) is 8.02. The van der Waals surface area contributed by atoms with Gasteiger partial charge in [-0.25, -0.2) is 0 Å². The molecule has 4 amide bonds. The second kappa shape index (κ2) is 17.3. The van der Waals surface area contributed by atoms with Crippen LogP contribution >= 0.6 is 0 Å². The summed E-state index contributed by atoms with van der Waals surface area (Å²) < 4.78 is 0. The molecular weight excluding hydrogens is 626 g/mol. The van der Waals surface area contributed by atoms with Crippen molar-refractivity contribution in [1.29, 1.82) is 5.41 Å². The van der Waals surface area contributed by atoms with Gasteiger partial charge in [-0.3, -0.25) is 24.6 Å². The molecule has 4 rings (SSSR count). The first-order valence-electron chi connectivity index (χ1n) is 15.9. The van der Waals surface area contributed by atoms with Crippen LogP contribution in [0.4, 0.5) is 0 Å². The summed E-state index contributed by atoms with van der Waals surface area (Å²) in [6.07, 6.45) is 2.57. The zero-order valence-corrected chi connectivity index (χ0v) is 26.9. The number of H-pyrrole nitrogens is 1. The number of hydrogen-bond acceptors (Lipinski definition) is 7. The van der Waals surface area contributed by atoms with E-state index in [-0.39, 0.29) is 43.9 Å². The summed E-state index contributed by atoms with van der Waals surface area (Å²) in [5, 5.41) is 28.7. The number of nitrogens with one attached hydrogen (secondary N) is 6. The van der Waals surface area contributed by atoms with E-state index >= 15 is 0 Å². The number of aromatic nitrogens is 1. The molecule has 1 aromatic heterocycles. The average Bonchev–Trinajstić information content (AvgIpc) is 3.49. The normalized spacial score (nSPS) is 13.4. The first-order chi connectivity index (χ1) is 23.5. The summed E-state index contributed by atoms with van der Waals surface area (Å²) >= 11 is 0. The highest BCUT2D eigenvalue weighted by Gasteiger charge is 2.30. The van der Waals surface area contributed by atoms with E-state index in [0.717, 1.165) is 27.6 Å². The number of phenolic OH excluding ortho intramolecular Hbond substituents is 1. The van der Waals surface area contributed by atoms with Gasteiger partial charge in [0.05, 0.1) is 6.04 Å². The molecule has 0 aliphatic rings.